The van der Waals surface area contributed by atoms with Crippen LogP contribution >= 0.6 is 0 Å². The van der Waals surface area contributed by atoms with Crippen LogP contribution < -0.4 is 14.4 Å². The predicted molar refractivity (Wildman–Crippen MR) is 139 cm³/mol. The number of aryl methyl sites for hydroxylation is 1. The van der Waals surface area contributed by atoms with Gasteiger partial charge in [-0.3, -0.25) is 9.11 Å². The molecule has 216 valence electrons. The fourth-order valence-electron chi connectivity index (χ4n) is 4.35. The SMILES string of the molecule is CCN1C(=CC=Cc2oc(C)c(C)[n+]2CCCS(=O)(=O)O)N(CCCS(=O)(=O)O)c2cc(C(F)(F)F)ccc21. The van der Waals surface area contributed by atoms with Gasteiger partial charge in [-0.2, -0.15) is 34.6 Å². The second kappa shape index (κ2) is 11.7. The van der Waals surface area contributed by atoms with E-state index in [1.807, 2.05) is 6.92 Å². The molecule has 0 fully saturated rings. The van der Waals surface area contributed by atoms with Gasteiger partial charge in [0.15, 0.2) is 12.3 Å². The first-order valence-corrected chi connectivity index (χ1v) is 15.3. The molecule has 0 bridgehead atoms. The Hall–Kier alpha value is -2.88. The van der Waals surface area contributed by atoms with E-state index in [1.165, 1.54) is 6.07 Å². The first kappa shape index (κ1) is 30.7. The molecule has 0 saturated carbocycles. The van der Waals surface area contributed by atoms with E-state index < -0.39 is 43.5 Å². The summed E-state index contributed by atoms with van der Waals surface area (Å²) in [6.07, 6.45) is 0.442. The fourth-order valence-corrected chi connectivity index (χ4v) is 5.34. The Balaban J connectivity index is 1.97. The quantitative estimate of drug-likeness (QED) is 0.293. The van der Waals surface area contributed by atoms with Crippen LogP contribution in [0.15, 0.2) is 40.6 Å². The Kier molecular flexibility index (Phi) is 9.20. The van der Waals surface area contributed by atoms with Gasteiger partial charge in [0.1, 0.15) is 5.82 Å². The summed E-state index contributed by atoms with van der Waals surface area (Å²) in [5.74, 6) is 0.522. The smallest absolute Gasteiger partial charge is 0.403 e. The normalized spacial score (nSPS) is 15.6. The lowest BCUT2D eigenvalue weighted by molar-refractivity contribution is -0.707. The number of aromatic nitrogens is 1. The van der Waals surface area contributed by atoms with Gasteiger partial charge in [0.05, 0.1) is 34.5 Å². The summed E-state index contributed by atoms with van der Waals surface area (Å²) in [5.41, 5.74) is 0.683. The third-order valence-corrected chi connectivity index (χ3v) is 7.85. The number of allylic oxidation sites excluding steroid dienone is 2. The minimum Gasteiger partial charge on any atom is -0.403 e. The Morgan fingerprint density at radius 2 is 1.64 bits per heavy atom. The van der Waals surface area contributed by atoms with Crippen LogP contribution in [0.3, 0.4) is 0 Å². The summed E-state index contributed by atoms with van der Waals surface area (Å²) in [4.78, 5) is 3.36. The van der Waals surface area contributed by atoms with E-state index in [2.05, 4.69) is 0 Å². The Labute approximate surface area is 225 Å². The molecule has 3 rings (SSSR count). The van der Waals surface area contributed by atoms with Gasteiger partial charge in [-0.15, -0.1) is 0 Å². The molecule has 0 spiro atoms. The Bertz CT molecular complexity index is 1480. The lowest BCUT2D eigenvalue weighted by Gasteiger charge is -2.24. The molecule has 0 unspecified atom stereocenters. The number of oxazole rings is 1. The molecule has 1 aliphatic rings. The Morgan fingerprint density at radius 1 is 1.00 bits per heavy atom. The van der Waals surface area contributed by atoms with E-state index in [-0.39, 0.29) is 31.6 Å². The first-order valence-electron chi connectivity index (χ1n) is 12.1. The highest BCUT2D eigenvalue weighted by Crippen LogP contribution is 2.44. The standard InChI is InChI=1S/C24H30F3N3O7S2/c1-4-28-20-11-10-19(24(25,26)27)16-21(20)30(13-7-15-39(34,35)36)22(28)8-5-9-23-29(17(2)18(3)37-23)12-6-14-38(31,32)33/h5,8-11,16H,4,6-7,12-15H2,1-3H3,(H-,31,32,33,34,35,36)/p+1. The molecule has 0 amide bonds. The van der Waals surface area contributed by atoms with Gasteiger partial charge >= 0.3 is 12.1 Å². The molecule has 0 saturated heterocycles. The van der Waals surface area contributed by atoms with Crippen LogP contribution in [0, 0.1) is 13.8 Å². The van der Waals surface area contributed by atoms with Crippen LogP contribution in [-0.4, -0.2) is 50.5 Å². The number of fused-ring (bicyclic) bond motifs is 1. The third kappa shape index (κ3) is 7.84. The van der Waals surface area contributed by atoms with E-state index in [4.69, 9.17) is 13.5 Å². The molecule has 2 heterocycles. The molecular formula is C24H31F3N3O7S2+. The van der Waals surface area contributed by atoms with Crippen LogP contribution in [0.25, 0.3) is 6.08 Å². The Morgan fingerprint density at radius 3 is 2.23 bits per heavy atom. The van der Waals surface area contributed by atoms with Gasteiger partial charge in [0.25, 0.3) is 20.2 Å². The topological polar surface area (TPSA) is 132 Å². The van der Waals surface area contributed by atoms with Crippen molar-refractivity contribution in [3.05, 3.63) is 59.1 Å². The van der Waals surface area contributed by atoms with Crippen molar-refractivity contribution < 1.29 is 48.1 Å². The predicted octanol–water partition coefficient (Wildman–Crippen LogP) is 3.96. The maximum atomic E-state index is 13.5. The molecule has 2 aromatic rings. The second-order valence-electron chi connectivity index (χ2n) is 8.99. The van der Waals surface area contributed by atoms with Crippen LogP contribution in [-0.2, 0) is 33.0 Å². The van der Waals surface area contributed by atoms with Gasteiger partial charge in [-0.1, -0.05) is 0 Å². The number of nitrogens with zero attached hydrogens (tertiary/aromatic N) is 3. The van der Waals surface area contributed by atoms with Crippen molar-refractivity contribution in [2.45, 2.75) is 46.3 Å². The maximum absolute atomic E-state index is 13.5. The van der Waals surface area contributed by atoms with Crippen molar-refractivity contribution in [3.8, 4) is 0 Å². The van der Waals surface area contributed by atoms with Crippen molar-refractivity contribution in [2.24, 2.45) is 0 Å². The summed E-state index contributed by atoms with van der Waals surface area (Å²) >= 11 is 0. The average molecular weight is 595 g/mol. The summed E-state index contributed by atoms with van der Waals surface area (Å²) in [5, 5.41) is 0. The zero-order valence-electron chi connectivity index (χ0n) is 21.6. The van der Waals surface area contributed by atoms with Crippen molar-refractivity contribution in [1.82, 2.24) is 0 Å². The number of alkyl halides is 3. The highest BCUT2D eigenvalue weighted by Gasteiger charge is 2.36. The summed E-state index contributed by atoms with van der Waals surface area (Å²) in [7, 11) is -8.38. The molecule has 1 aliphatic heterocycles. The van der Waals surface area contributed by atoms with Crippen molar-refractivity contribution in [1.29, 1.82) is 0 Å². The lowest BCUT2D eigenvalue weighted by Crippen LogP contribution is -2.38. The van der Waals surface area contributed by atoms with E-state index >= 15 is 0 Å². The van der Waals surface area contributed by atoms with Gasteiger partial charge in [-0.25, -0.2) is 0 Å². The van der Waals surface area contributed by atoms with Crippen molar-refractivity contribution in [3.63, 3.8) is 0 Å². The number of hydrogen-bond acceptors (Lipinski definition) is 7. The van der Waals surface area contributed by atoms with E-state index in [1.54, 1.807) is 46.4 Å². The minimum absolute atomic E-state index is 0.0267. The summed E-state index contributed by atoms with van der Waals surface area (Å²) in [6.45, 7) is 6.05. The minimum atomic E-state index is -4.57. The molecule has 0 atom stereocenters. The molecule has 0 aliphatic carbocycles. The molecule has 10 nitrogen and oxygen atoms in total. The van der Waals surface area contributed by atoms with Crippen molar-refractivity contribution >= 4 is 37.7 Å². The largest absolute Gasteiger partial charge is 0.416 e. The average Bonchev–Trinajstić information content (AvgIpc) is 3.24. The molecule has 1 aromatic carbocycles. The summed E-state index contributed by atoms with van der Waals surface area (Å²) < 4.78 is 111. The highest BCUT2D eigenvalue weighted by molar-refractivity contribution is 7.86. The molecule has 15 heteroatoms. The number of rotatable bonds is 11. The number of halogens is 3. The molecule has 0 radical (unpaired) electrons. The zero-order valence-corrected chi connectivity index (χ0v) is 23.3. The van der Waals surface area contributed by atoms with E-state index in [0.29, 0.717) is 29.7 Å². The first-order chi connectivity index (χ1) is 18.0. The van der Waals surface area contributed by atoms with E-state index in [9.17, 15) is 30.0 Å². The van der Waals surface area contributed by atoms with Crippen LogP contribution in [0.2, 0.25) is 0 Å². The number of anilines is 2. The zero-order chi connectivity index (χ0) is 29.2. The fraction of sp³-hybridized carbons (Fsp3) is 0.458. The molecule has 2 N–H and O–H groups in total. The number of hydrogen-bond donors (Lipinski definition) is 2. The van der Waals surface area contributed by atoms with Crippen LogP contribution in [0.4, 0.5) is 24.5 Å². The van der Waals surface area contributed by atoms with Gasteiger partial charge in [0.2, 0.25) is 5.69 Å². The number of benzene rings is 1. The summed E-state index contributed by atoms with van der Waals surface area (Å²) in [6, 6.07) is 3.36. The highest BCUT2D eigenvalue weighted by atomic mass is 32.2. The third-order valence-electron chi connectivity index (χ3n) is 6.24. The van der Waals surface area contributed by atoms with Gasteiger partial charge in [-0.05, 0) is 43.7 Å². The van der Waals surface area contributed by atoms with E-state index in [0.717, 1.165) is 17.8 Å². The molecule has 39 heavy (non-hydrogen) atoms. The maximum Gasteiger partial charge on any atom is 0.416 e. The lowest BCUT2D eigenvalue weighted by atomic mass is 10.1. The van der Waals surface area contributed by atoms with Crippen LogP contribution in [0.1, 0.15) is 42.7 Å². The molecule has 1 aromatic heterocycles. The van der Waals surface area contributed by atoms with Gasteiger partial charge in [0, 0.05) is 33.4 Å². The van der Waals surface area contributed by atoms with Crippen molar-refractivity contribution in [2.75, 3.05) is 34.4 Å². The second-order valence-corrected chi connectivity index (χ2v) is 12.1. The molecular weight excluding hydrogens is 563 g/mol. The monoisotopic (exact) mass is 594 g/mol. The van der Waals surface area contributed by atoms with Crippen LogP contribution in [0.5, 0.6) is 0 Å². The van der Waals surface area contributed by atoms with Gasteiger partial charge < -0.3 is 14.2 Å².